The molecular weight excluding hydrogens is 370 g/mol. The number of nitrogens with zero attached hydrogens (tertiary/aromatic N) is 2. The van der Waals surface area contributed by atoms with Crippen molar-refractivity contribution in [2.45, 2.75) is 31.3 Å². The van der Waals surface area contributed by atoms with E-state index in [1.54, 1.807) is 11.3 Å². The summed E-state index contributed by atoms with van der Waals surface area (Å²) in [6, 6.07) is -0.550. The van der Waals surface area contributed by atoms with Crippen LogP contribution in [0.15, 0.2) is 17.8 Å². The molecule has 3 rings (SSSR count). The van der Waals surface area contributed by atoms with Gasteiger partial charge in [0.2, 0.25) is 5.91 Å². The van der Waals surface area contributed by atoms with Gasteiger partial charge in [0, 0.05) is 11.4 Å². The molecule has 0 aliphatic heterocycles. The van der Waals surface area contributed by atoms with Crippen molar-refractivity contribution in [2.24, 2.45) is 5.92 Å². The van der Waals surface area contributed by atoms with Gasteiger partial charge in [-0.2, -0.15) is 0 Å². The largest absolute Gasteiger partial charge is 0.383 e. The van der Waals surface area contributed by atoms with Crippen LogP contribution in [0.25, 0.3) is 10.2 Å². The van der Waals surface area contributed by atoms with Crippen molar-refractivity contribution in [1.82, 2.24) is 20.6 Å². The molecule has 0 bridgehead atoms. The van der Waals surface area contributed by atoms with Crippen molar-refractivity contribution in [3.8, 4) is 0 Å². The zero-order valence-corrected chi connectivity index (χ0v) is 16.1. The summed E-state index contributed by atoms with van der Waals surface area (Å²) in [4.78, 5) is 34.4. The summed E-state index contributed by atoms with van der Waals surface area (Å²) in [6.45, 7) is 6.04. The second-order valence-electron chi connectivity index (χ2n) is 6.26. The first-order chi connectivity index (χ1) is 12.5. The highest BCUT2D eigenvalue weighted by Crippen LogP contribution is 2.39. The van der Waals surface area contributed by atoms with Crippen molar-refractivity contribution < 1.29 is 9.59 Å². The Morgan fingerprint density at radius 2 is 2.27 bits per heavy atom. The maximum atomic E-state index is 11.8. The summed E-state index contributed by atoms with van der Waals surface area (Å²) >= 11 is 2.83. The van der Waals surface area contributed by atoms with E-state index in [2.05, 4.69) is 34.1 Å². The molecule has 0 fully saturated rings. The molecule has 2 aromatic heterocycles. The van der Waals surface area contributed by atoms with Crippen LogP contribution in [0.1, 0.15) is 23.8 Å². The average Bonchev–Trinajstić information content (AvgIpc) is 2.95. The molecule has 138 valence electrons. The molecule has 1 aliphatic carbocycles. The van der Waals surface area contributed by atoms with E-state index in [1.807, 2.05) is 0 Å². The first kappa shape index (κ1) is 18.7. The standard InChI is InChI=1S/C17H21N5O2S2/c1-3-6-19-16(24)20-12(23)8-25-17-21-14(18)13-10-5-4-9(2)7-11(10)26-15(13)22-17/h3,9H,1,4-8H2,2H3,(H2,18,21,22)(H2,19,20,23,24). The number of hydrogen-bond acceptors (Lipinski definition) is 7. The number of hydrogen-bond donors (Lipinski definition) is 3. The molecule has 2 aromatic rings. The Hall–Kier alpha value is -2.13. The van der Waals surface area contributed by atoms with Crippen LogP contribution in [-0.2, 0) is 17.6 Å². The average molecular weight is 392 g/mol. The third kappa shape index (κ3) is 4.16. The van der Waals surface area contributed by atoms with Gasteiger partial charge in [-0.15, -0.1) is 17.9 Å². The van der Waals surface area contributed by atoms with E-state index in [0.29, 0.717) is 23.4 Å². The fraction of sp³-hybridized carbons (Fsp3) is 0.412. The Morgan fingerprint density at radius 1 is 1.46 bits per heavy atom. The number of imide groups is 1. The van der Waals surface area contributed by atoms with Gasteiger partial charge in [0.25, 0.3) is 0 Å². The minimum absolute atomic E-state index is 0.0363. The monoisotopic (exact) mass is 391 g/mol. The number of urea groups is 1. The normalized spacial score (nSPS) is 16.1. The lowest BCUT2D eigenvalue weighted by atomic mass is 9.89. The van der Waals surface area contributed by atoms with Gasteiger partial charge in [0.1, 0.15) is 10.6 Å². The van der Waals surface area contributed by atoms with E-state index >= 15 is 0 Å². The molecule has 0 radical (unpaired) electrons. The lowest BCUT2D eigenvalue weighted by molar-refractivity contribution is -0.117. The molecule has 1 unspecified atom stereocenters. The molecule has 7 nitrogen and oxygen atoms in total. The molecule has 9 heteroatoms. The number of aryl methyl sites for hydroxylation is 1. The highest BCUT2D eigenvalue weighted by Gasteiger charge is 2.23. The number of rotatable bonds is 5. The quantitative estimate of drug-likeness (QED) is 0.410. The zero-order chi connectivity index (χ0) is 18.7. The van der Waals surface area contributed by atoms with Crippen LogP contribution in [0.4, 0.5) is 10.6 Å². The molecule has 26 heavy (non-hydrogen) atoms. The smallest absolute Gasteiger partial charge is 0.321 e. The number of thioether (sulfide) groups is 1. The molecule has 1 atom stereocenters. The van der Waals surface area contributed by atoms with Crippen molar-refractivity contribution in [3.63, 3.8) is 0 Å². The van der Waals surface area contributed by atoms with E-state index in [0.717, 1.165) is 41.2 Å². The summed E-state index contributed by atoms with van der Waals surface area (Å²) < 4.78 is 0. The van der Waals surface area contributed by atoms with Crippen molar-refractivity contribution in [2.75, 3.05) is 18.0 Å². The fourth-order valence-corrected chi connectivity index (χ4v) is 5.02. The number of nitrogen functional groups attached to an aromatic ring is 1. The Bertz CT molecular complexity index is 864. The number of carbonyl (C=O) groups excluding carboxylic acids is 2. The number of anilines is 1. The van der Waals surface area contributed by atoms with Crippen LogP contribution in [0.2, 0.25) is 0 Å². The first-order valence-electron chi connectivity index (χ1n) is 8.37. The topological polar surface area (TPSA) is 110 Å². The number of nitrogens with two attached hydrogens (primary N) is 1. The third-order valence-electron chi connectivity index (χ3n) is 4.15. The maximum Gasteiger partial charge on any atom is 0.321 e. The number of carbonyl (C=O) groups is 2. The van der Waals surface area contributed by atoms with Gasteiger partial charge in [-0.1, -0.05) is 24.8 Å². The fourth-order valence-electron chi connectivity index (χ4n) is 2.92. The predicted octanol–water partition coefficient (Wildman–Crippen LogP) is 2.50. The summed E-state index contributed by atoms with van der Waals surface area (Å²) in [7, 11) is 0. The SMILES string of the molecule is C=CCNC(=O)NC(=O)CSc1nc(N)c2c3c(sc2n1)CC(C)CC3. The minimum atomic E-state index is -0.550. The molecule has 4 N–H and O–H groups in total. The van der Waals surface area contributed by atoms with Gasteiger partial charge >= 0.3 is 6.03 Å². The van der Waals surface area contributed by atoms with E-state index in [1.165, 1.54) is 16.5 Å². The Morgan fingerprint density at radius 3 is 3.04 bits per heavy atom. The summed E-state index contributed by atoms with van der Waals surface area (Å²) in [5.74, 6) is 0.760. The zero-order valence-electron chi connectivity index (χ0n) is 14.5. The molecule has 0 saturated heterocycles. The van der Waals surface area contributed by atoms with Gasteiger partial charge < -0.3 is 11.1 Å². The predicted molar refractivity (Wildman–Crippen MR) is 105 cm³/mol. The van der Waals surface area contributed by atoms with Gasteiger partial charge in [0.05, 0.1) is 11.1 Å². The molecule has 1 aliphatic rings. The third-order valence-corrected chi connectivity index (χ3v) is 6.15. The number of fused-ring (bicyclic) bond motifs is 3. The maximum absolute atomic E-state index is 11.8. The van der Waals surface area contributed by atoms with Crippen LogP contribution in [0.5, 0.6) is 0 Å². The molecule has 0 aromatic carbocycles. The minimum Gasteiger partial charge on any atom is -0.383 e. The Labute approximate surface area is 159 Å². The van der Waals surface area contributed by atoms with Crippen LogP contribution < -0.4 is 16.4 Å². The molecule has 3 amide bonds. The number of amides is 3. The van der Waals surface area contributed by atoms with Gasteiger partial charge in [-0.3, -0.25) is 10.1 Å². The lowest BCUT2D eigenvalue weighted by Crippen LogP contribution is -2.40. The van der Waals surface area contributed by atoms with E-state index < -0.39 is 11.9 Å². The van der Waals surface area contributed by atoms with Crippen molar-refractivity contribution in [3.05, 3.63) is 23.1 Å². The van der Waals surface area contributed by atoms with Crippen LogP contribution in [0.3, 0.4) is 0 Å². The highest BCUT2D eigenvalue weighted by atomic mass is 32.2. The van der Waals surface area contributed by atoms with Crippen LogP contribution in [-0.4, -0.2) is 34.2 Å². The number of nitrogens with one attached hydrogen (secondary N) is 2. The molecule has 2 heterocycles. The van der Waals surface area contributed by atoms with E-state index in [4.69, 9.17) is 5.73 Å². The van der Waals surface area contributed by atoms with E-state index in [9.17, 15) is 9.59 Å². The highest BCUT2D eigenvalue weighted by molar-refractivity contribution is 7.99. The summed E-state index contributed by atoms with van der Waals surface area (Å²) in [5, 5.41) is 6.13. The lowest BCUT2D eigenvalue weighted by Gasteiger charge is -2.17. The summed E-state index contributed by atoms with van der Waals surface area (Å²) in [5.41, 5.74) is 7.46. The van der Waals surface area contributed by atoms with Crippen LogP contribution in [0, 0.1) is 5.92 Å². The van der Waals surface area contributed by atoms with Crippen molar-refractivity contribution in [1.29, 1.82) is 0 Å². The van der Waals surface area contributed by atoms with Gasteiger partial charge in [-0.25, -0.2) is 14.8 Å². The molecule has 0 saturated carbocycles. The van der Waals surface area contributed by atoms with Gasteiger partial charge in [0.15, 0.2) is 5.16 Å². The molecular formula is C17H21N5O2S2. The van der Waals surface area contributed by atoms with Crippen LogP contribution >= 0.6 is 23.1 Å². The molecule has 0 spiro atoms. The summed E-state index contributed by atoms with van der Waals surface area (Å²) in [6.07, 6.45) is 4.76. The number of aromatic nitrogens is 2. The second kappa shape index (κ2) is 8.05. The Kier molecular flexibility index (Phi) is 5.77. The first-order valence-corrected chi connectivity index (χ1v) is 10.2. The van der Waals surface area contributed by atoms with Crippen molar-refractivity contribution >= 4 is 51.1 Å². The van der Waals surface area contributed by atoms with E-state index in [-0.39, 0.29) is 5.75 Å². The second-order valence-corrected chi connectivity index (χ2v) is 8.29. The Balaban J connectivity index is 1.68. The van der Waals surface area contributed by atoms with Gasteiger partial charge in [-0.05, 0) is 30.7 Å². The number of thiophene rings is 1.